The summed E-state index contributed by atoms with van der Waals surface area (Å²) < 4.78 is 11.1. The van der Waals surface area contributed by atoms with Gasteiger partial charge >= 0.3 is 0 Å². The van der Waals surface area contributed by atoms with Crippen LogP contribution in [0.2, 0.25) is 0 Å². The van der Waals surface area contributed by atoms with Crippen molar-refractivity contribution < 1.29 is 9.47 Å². The van der Waals surface area contributed by atoms with Crippen LogP contribution in [0.3, 0.4) is 0 Å². The lowest BCUT2D eigenvalue weighted by atomic mass is 10.0. The maximum absolute atomic E-state index is 5.67. The van der Waals surface area contributed by atoms with Gasteiger partial charge in [-0.05, 0) is 44.9 Å². The molecule has 0 saturated carbocycles. The van der Waals surface area contributed by atoms with Gasteiger partial charge in [-0.25, -0.2) is 4.98 Å². The van der Waals surface area contributed by atoms with Gasteiger partial charge in [-0.15, -0.1) is 0 Å². The van der Waals surface area contributed by atoms with Gasteiger partial charge in [0.25, 0.3) is 0 Å². The van der Waals surface area contributed by atoms with Crippen molar-refractivity contribution in [1.82, 2.24) is 14.9 Å². The molecular weight excluding hydrogens is 392 g/mol. The number of nitrogens with zero attached hydrogens (tertiary/aromatic N) is 4. The van der Waals surface area contributed by atoms with Crippen molar-refractivity contribution >= 4 is 23.1 Å². The highest BCUT2D eigenvalue weighted by Gasteiger charge is 2.17. The van der Waals surface area contributed by atoms with E-state index in [1.165, 1.54) is 5.69 Å². The summed E-state index contributed by atoms with van der Waals surface area (Å²) in [6, 6.07) is 6.27. The molecular formula is C23H34N6O2. The van der Waals surface area contributed by atoms with E-state index in [4.69, 9.17) is 14.5 Å². The maximum Gasteiger partial charge on any atom is 0.229 e. The molecule has 0 unspecified atom stereocenters. The predicted molar refractivity (Wildman–Crippen MR) is 125 cm³/mol. The van der Waals surface area contributed by atoms with Crippen molar-refractivity contribution in [3.05, 3.63) is 30.0 Å². The van der Waals surface area contributed by atoms with E-state index in [2.05, 4.69) is 44.6 Å². The molecule has 168 valence electrons. The van der Waals surface area contributed by atoms with Crippen molar-refractivity contribution in [2.45, 2.75) is 19.8 Å². The van der Waals surface area contributed by atoms with E-state index >= 15 is 0 Å². The highest BCUT2D eigenvalue weighted by Crippen LogP contribution is 2.32. The Bertz CT molecular complexity index is 863. The fourth-order valence-corrected chi connectivity index (χ4v) is 4.04. The molecule has 31 heavy (non-hydrogen) atoms. The minimum absolute atomic E-state index is 0.561. The summed E-state index contributed by atoms with van der Waals surface area (Å²) in [4.78, 5) is 13.9. The lowest BCUT2D eigenvalue weighted by Crippen LogP contribution is -2.44. The van der Waals surface area contributed by atoms with Crippen LogP contribution in [0.5, 0.6) is 5.75 Å². The van der Waals surface area contributed by atoms with Gasteiger partial charge in [-0.2, -0.15) is 4.98 Å². The Balaban J connectivity index is 1.44. The summed E-state index contributed by atoms with van der Waals surface area (Å²) >= 11 is 0. The van der Waals surface area contributed by atoms with Gasteiger partial charge in [-0.3, -0.25) is 0 Å². The van der Waals surface area contributed by atoms with E-state index in [1.54, 1.807) is 7.11 Å². The molecule has 2 aromatic rings. The number of hydrogen-bond acceptors (Lipinski definition) is 8. The Morgan fingerprint density at radius 3 is 2.68 bits per heavy atom. The molecule has 8 heteroatoms. The Kier molecular flexibility index (Phi) is 7.09. The number of benzene rings is 1. The van der Waals surface area contributed by atoms with Crippen molar-refractivity contribution in [3.8, 4) is 5.75 Å². The normalized spacial score (nSPS) is 18.1. The third-order valence-electron chi connectivity index (χ3n) is 6.17. The summed E-state index contributed by atoms with van der Waals surface area (Å²) in [5.74, 6) is 2.85. The van der Waals surface area contributed by atoms with Gasteiger partial charge in [0, 0.05) is 69.5 Å². The van der Waals surface area contributed by atoms with Crippen molar-refractivity contribution in [2.24, 2.45) is 5.92 Å². The van der Waals surface area contributed by atoms with Crippen LogP contribution < -0.4 is 20.3 Å². The number of aryl methyl sites for hydroxylation is 1. The molecule has 0 spiro atoms. The molecule has 4 rings (SSSR count). The van der Waals surface area contributed by atoms with E-state index in [0.29, 0.717) is 11.9 Å². The Morgan fingerprint density at radius 2 is 1.94 bits per heavy atom. The molecule has 2 aliphatic heterocycles. The third-order valence-corrected chi connectivity index (χ3v) is 6.17. The fourth-order valence-electron chi connectivity index (χ4n) is 4.04. The first-order valence-corrected chi connectivity index (χ1v) is 11.2. The number of piperazine rings is 1. The van der Waals surface area contributed by atoms with E-state index in [1.807, 2.05) is 19.2 Å². The zero-order valence-electron chi connectivity index (χ0n) is 18.9. The van der Waals surface area contributed by atoms with Crippen molar-refractivity contribution in [1.29, 1.82) is 0 Å². The number of ether oxygens (including phenoxy) is 2. The summed E-state index contributed by atoms with van der Waals surface area (Å²) in [7, 11) is 3.87. The Morgan fingerprint density at radius 1 is 1.16 bits per heavy atom. The van der Waals surface area contributed by atoms with Crippen LogP contribution in [0.4, 0.5) is 23.1 Å². The van der Waals surface area contributed by atoms with Gasteiger partial charge in [0.2, 0.25) is 5.95 Å². The fraction of sp³-hybridized carbons (Fsp3) is 0.565. The Labute approximate surface area is 185 Å². The monoisotopic (exact) mass is 426 g/mol. The second kappa shape index (κ2) is 10.2. The SMILES string of the molecule is COc1cc(N2CCN(C)CC2)ccc1Nc1ncc(C)c(NCC2CCOCC2)n1. The molecule has 0 aliphatic carbocycles. The zero-order valence-corrected chi connectivity index (χ0v) is 18.9. The molecule has 2 aliphatic rings. The van der Waals surface area contributed by atoms with Crippen LogP contribution in [0.25, 0.3) is 0 Å². The largest absolute Gasteiger partial charge is 0.494 e. The van der Waals surface area contributed by atoms with Gasteiger partial charge in [0.15, 0.2) is 0 Å². The average Bonchev–Trinajstić information content (AvgIpc) is 2.81. The molecule has 1 aromatic carbocycles. The minimum Gasteiger partial charge on any atom is -0.494 e. The number of nitrogens with one attached hydrogen (secondary N) is 2. The van der Waals surface area contributed by atoms with E-state index in [-0.39, 0.29) is 0 Å². The first-order valence-electron chi connectivity index (χ1n) is 11.2. The average molecular weight is 427 g/mol. The third kappa shape index (κ3) is 5.57. The Hall–Kier alpha value is -2.58. The first kappa shape index (κ1) is 21.6. The maximum atomic E-state index is 5.67. The van der Waals surface area contributed by atoms with Crippen LogP contribution in [-0.4, -0.2) is 75.0 Å². The van der Waals surface area contributed by atoms with Crippen molar-refractivity contribution in [3.63, 3.8) is 0 Å². The number of rotatable bonds is 7. The highest BCUT2D eigenvalue weighted by atomic mass is 16.5. The number of anilines is 4. The first-order chi connectivity index (χ1) is 15.1. The molecule has 3 heterocycles. The second-order valence-corrected chi connectivity index (χ2v) is 8.46. The molecule has 0 atom stereocenters. The number of likely N-dealkylation sites (N-methyl/N-ethyl adjacent to an activating group) is 1. The molecule has 0 bridgehead atoms. The van der Waals surface area contributed by atoms with Crippen molar-refractivity contribution in [2.75, 3.05) is 75.6 Å². The topological polar surface area (TPSA) is 74.8 Å². The van der Waals surface area contributed by atoms with Gasteiger partial charge < -0.3 is 29.9 Å². The molecule has 0 amide bonds. The van der Waals surface area contributed by atoms with Gasteiger partial charge in [0.05, 0.1) is 12.8 Å². The summed E-state index contributed by atoms with van der Waals surface area (Å²) in [5, 5.41) is 6.84. The summed E-state index contributed by atoms with van der Waals surface area (Å²) in [6.07, 6.45) is 4.05. The highest BCUT2D eigenvalue weighted by molar-refractivity contribution is 5.68. The number of hydrogen-bond donors (Lipinski definition) is 2. The van der Waals surface area contributed by atoms with Crippen LogP contribution in [0.15, 0.2) is 24.4 Å². The minimum atomic E-state index is 0.561. The molecule has 2 saturated heterocycles. The van der Waals surface area contributed by atoms with Gasteiger partial charge in [0.1, 0.15) is 11.6 Å². The van der Waals surface area contributed by atoms with Crippen LogP contribution in [-0.2, 0) is 4.74 Å². The van der Waals surface area contributed by atoms with Gasteiger partial charge in [-0.1, -0.05) is 0 Å². The molecule has 2 fully saturated rings. The zero-order chi connectivity index (χ0) is 21.6. The second-order valence-electron chi connectivity index (χ2n) is 8.46. The number of methoxy groups -OCH3 is 1. The predicted octanol–water partition coefficient (Wildman–Crippen LogP) is 3.13. The van der Waals surface area contributed by atoms with E-state index in [9.17, 15) is 0 Å². The molecule has 0 radical (unpaired) electrons. The quantitative estimate of drug-likeness (QED) is 0.700. The lowest BCUT2D eigenvalue weighted by Gasteiger charge is -2.34. The lowest BCUT2D eigenvalue weighted by molar-refractivity contribution is 0.0699. The summed E-state index contributed by atoms with van der Waals surface area (Å²) in [6.45, 7) is 8.83. The molecule has 8 nitrogen and oxygen atoms in total. The molecule has 2 N–H and O–H groups in total. The molecule has 1 aromatic heterocycles. The smallest absolute Gasteiger partial charge is 0.229 e. The number of aromatic nitrogens is 2. The van der Waals surface area contributed by atoms with Crippen LogP contribution >= 0.6 is 0 Å². The van der Waals surface area contributed by atoms with Crippen LogP contribution in [0, 0.1) is 12.8 Å². The standard InChI is InChI=1S/C23H34N6O2/c1-17-15-25-23(27-22(17)24-16-18-6-12-31-13-7-18)26-20-5-4-19(14-21(20)30-3)29-10-8-28(2)9-11-29/h4-5,14-15,18H,6-13,16H2,1-3H3,(H2,24,25,26,27). The van der Waals surface area contributed by atoms with Crippen LogP contribution in [0.1, 0.15) is 18.4 Å². The summed E-state index contributed by atoms with van der Waals surface area (Å²) in [5.41, 5.74) is 3.08. The van der Waals surface area contributed by atoms with E-state index < -0.39 is 0 Å². The van der Waals surface area contributed by atoms with E-state index in [0.717, 1.165) is 81.6 Å².